The summed E-state index contributed by atoms with van der Waals surface area (Å²) in [7, 11) is 0. The third-order valence-electron chi connectivity index (χ3n) is 2.49. The summed E-state index contributed by atoms with van der Waals surface area (Å²) in [6.45, 7) is 6.38. The third kappa shape index (κ3) is 2.55. The van der Waals surface area contributed by atoms with Gasteiger partial charge in [0.05, 0.1) is 6.61 Å². The molecule has 0 aliphatic rings. The van der Waals surface area contributed by atoms with Gasteiger partial charge in [-0.25, -0.2) is 0 Å². The van der Waals surface area contributed by atoms with E-state index in [1.165, 1.54) is 6.07 Å². The molecule has 0 unspecified atom stereocenters. The van der Waals surface area contributed by atoms with Gasteiger partial charge in [-0.1, -0.05) is 13.3 Å². The molecule has 0 amide bonds. The van der Waals surface area contributed by atoms with Gasteiger partial charge in [0.15, 0.2) is 11.5 Å². The van der Waals surface area contributed by atoms with E-state index in [0.717, 1.165) is 24.0 Å². The molecule has 0 saturated heterocycles. The molecule has 1 aromatic rings. The first-order valence-corrected chi connectivity index (χ1v) is 5.22. The van der Waals surface area contributed by atoms with Crippen molar-refractivity contribution in [3.8, 4) is 17.2 Å². The molecule has 0 spiro atoms. The minimum atomic E-state index is -0.158. The van der Waals surface area contributed by atoms with Gasteiger partial charge in [0.1, 0.15) is 0 Å². The van der Waals surface area contributed by atoms with Crippen molar-refractivity contribution in [3.63, 3.8) is 0 Å². The van der Waals surface area contributed by atoms with Gasteiger partial charge < -0.3 is 14.9 Å². The van der Waals surface area contributed by atoms with Crippen molar-refractivity contribution in [1.29, 1.82) is 0 Å². The Hall–Kier alpha value is -1.38. The zero-order chi connectivity index (χ0) is 11.4. The summed E-state index contributed by atoms with van der Waals surface area (Å²) in [5, 5.41) is 19.1. The number of aromatic hydroxyl groups is 2. The van der Waals surface area contributed by atoms with Crippen molar-refractivity contribution in [2.45, 2.75) is 33.6 Å². The van der Waals surface area contributed by atoms with E-state index in [1.54, 1.807) is 0 Å². The van der Waals surface area contributed by atoms with E-state index in [-0.39, 0.29) is 11.5 Å². The maximum Gasteiger partial charge on any atom is 0.200 e. The van der Waals surface area contributed by atoms with Gasteiger partial charge in [-0.15, -0.1) is 0 Å². The topological polar surface area (TPSA) is 49.7 Å². The highest BCUT2D eigenvalue weighted by Gasteiger charge is 2.13. The first kappa shape index (κ1) is 11.7. The maximum absolute atomic E-state index is 9.63. The van der Waals surface area contributed by atoms with Gasteiger partial charge in [-0.2, -0.15) is 0 Å². The highest BCUT2D eigenvalue weighted by atomic mass is 16.5. The molecule has 15 heavy (non-hydrogen) atoms. The van der Waals surface area contributed by atoms with Gasteiger partial charge >= 0.3 is 0 Å². The molecule has 1 rings (SSSR count). The molecule has 0 heterocycles. The average Bonchev–Trinajstić information content (AvgIpc) is 2.20. The Morgan fingerprint density at radius 3 is 2.53 bits per heavy atom. The van der Waals surface area contributed by atoms with Gasteiger partial charge in [0.25, 0.3) is 0 Å². The number of rotatable bonds is 4. The van der Waals surface area contributed by atoms with Crippen LogP contribution in [0.5, 0.6) is 17.2 Å². The smallest absolute Gasteiger partial charge is 0.200 e. The Balaban J connectivity index is 2.94. The lowest BCUT2D eigenvalue weighted by Gasteiger charge is -2.13. The summed E-state index contributed by atoms with van der Waals surface area (Å²) in [6, 6.07) is 1.54. The molecule has 3 heteroatoms. The monoisotopic (exact) mass is 210 g/mol. The fraction of sp³-hybridized carbons (Fsp3) is 0.500. The molecule has 0 fully saturated rings. The number of ether oxygens (including phenoxy) is 1. The molecule has 0 radical (unpaired) electrons. The van der Waals surface area contributed by atoms with E-state index in [0.29, 0.717) is 12.4 Å². The number of hydrogen-bond acceptors (Lipinski definition) is 3. The second-order valence-corrected chi connectivity index (χ2v) is 3.72. The van der Waals surface area contributed by atoms with Gasteiger partial charge in [0.2, 0.25) is 5.75 Å². The number of benzene rings is 1. The first-order chi connectivity index (χ1) is 7.07. The predicted molar refractivity (Wildman–Crippen MR) is 59.6 cm³/mol. The fourth-order valence-corrected chi connectivity index (χ4v) is 1.35. The number of phenolic OH excluding ortho intramolecular Hbond substituents is 2. The Kier molecular flexibility index (Phi) is 3.83. The van der Waals surface area contributed by atoms with E-state index >= 15 is 0 Å². The number of phenols is 2. The minimum Gasteiger partial charge on any atom is -0.504 e. The summed E-state index contributed by atoms with van der Waals surface area (Å²) in [4.78, 5) is 0. The molecule has 1 aromatic carbocycles. The van der Waals surface area contributed by atoms with E-state index in [4.69, 9.17) is 4.74 Å². The Morgan fingerprint density at radius 2 is 1.93 bits per heavy atom. The lowest BCUT2D eigenvalue weighted by atomic mass is 10.1. The van der Waals surface area contributed by atoms with Crippen molar-refractivity contribution in [3.05, 3.63) is 17.2 Å². The van der Waals surface area contributed by atoms with Crippen molar-refractivity contribution in [1.82, 2.24) is 0 Å². The normalized spacial score (nSPS) is 10.3. The molecule has 0 aliphatic heterocycles. The zero-order valence-electron chi connectivity index (χ0n) is 9.50. The SMILES string of the molecule is CCCCOc1c(C)c(C)cc(O)c1O. The summed E-state index contributed by atoms with van der Waals surface area (Å²) >= 11 is 0. The number of aryl methyl sites for hydroxylation is 1. The van der Waals surface area contributed by atoms with Crippen molar-refractivity contribution in [2.75, 3.05) is 6.61 Å². The van der Waals surface area contributed by atoms with Crippen LogP contribution in [0.15, 0.2) is 6.07 Å². The van der Waals surface area contributed by atoms with E-state index in [1.807, 2.05) is 13.8 Å². The van der Waals surface area contributed by atoms with E-state index in [2.05, 4.69) is 6.92 Å². The summed E-state index contributed by atoms with van der Waals surface area (Å²) in [6.07, 6.45) is 1.98. The average molecular weight is 210 g/mol. The van der Waals surface area contributed by atoms with Crippen LogP contribution in [0.2, 0.25) is 0 Å². The lowest BCUT2D eigenvalue weighted by molar-refractivity contribution is 0.284. The Morgan fingerprint density at radius 1 is 1.27 bits per heavy atom. The molecule has 0 bridgehead atoms. The Bertz CT molecular complexity index is 319. The minimum absolute atomic E-state index is 0.121. The van der Waals surface area contributed by atoms with Crippen molar-refractivity contribution in [2.24, 2.45) is 0 Å². The van der Waals surface area contributed by atoms with Gasteiger partial charge in [-0.05, 0) is 37.5 Å². The number of unbranched alkanes of at least 4 members (excludes halogenated alkanes) is 1. The highest BCUT2D eigenvalue weighted by molar-refractivity contribution is 5.56. The summed E-state index contributed by atoms with van der Waals surface area (Å²) in [5.41, 5.74) is 1.79. The van der Waals surface area contributed by atoms with E-state index in [9.17, 15) is 10.2 Å². The van der Waals surface area contributed by atoms with Crippen molar-refractivity contribution >= 4 is 0 Å². The standard InChI is InChI=1S/C12H18O3/c1-4-5-6-15-12-9(3)8(2)7-10(13)11(12)14/h7,13-14H,4-6H2,1-3H3. The summed E-state index contributed by atoms with van der Waals surface area (Å²) < 4.78 is 5.46. The Labute approximate surface area is 90.3 Å². The maximum atomic E-state index is 9.63. The van der Waals surface area contributed by atoms with Crippen LogP contribution in [0, 0.1) is 13.8 Å². The zero-order valence-corrected chi connectivity index (χ0v) is 9.50. The quantitative estimate of drug-likeness (QED) is 0.593. The molecule has 3 nitrogen and oxygen atoms in total. The molecular weight excluding hydrogens is 192 g/mol. The first-order valence-electron chi connectivity index (χ1n) is 5.22. The van der Waals surface area contributed by atoms with Crippen LogP contribution in [0.25, 0.3) is 0 Å². The largest absolute Gasteiger partial charge is 0.504 e. The molecule has 0 atom stereocenters. The van der Waals surface area contributed by atoms with Gasteiger partial charge in [0, 0.05) is 0 Å². The molecule has 0 saturated carbocycles. The van der Waals surface area contributed by atoms with Crippen LogP contribution in [-0.4, -0.2) is 16.8 Å². The fourth-order valence-electron chi connectivity index (χ4n) is 1.35. The predicted octanol–water partition coefficient (Wildman–Crippen LogP) is 2.89. The molecular formula is C12H18O3. The van der Waals surface area contributed by atoms with Crippen LogP contribution in [-0.2, 0) is 0 Å². The van der Waals surface area contributed by atoms with Crippen molar-refractivity contribution < 1.29 is 14.9 Å². The molecule has 0 aliphatic carbocycles. The van der Waals surface area contributed by atoms with Crippen LogP contribution in [0.1, 0.15) is 30.9 Å². The molecule has 0 aromatic heterocycles. The second-order valence-electron chi connectivity index (χ2n) is 3.72. The number of hydrogen-bond donors (Lipinski definition) is 2. The van der Waals surface area contributed by atoms with Crippen LogP contribution >= 0.6 is 0 Å². The lowest BCUT2D eigenvalue weighted by Crippen LogP contribution is -1.99. The third-order valence-corrected chi connectivity index (χ3v) is 2.49. The van der Waals surface area contributed by atoms with Gasteiger partial charge in [-0.3, -0.25) is 0 Å². The van der Waals surface area contributed by atoms with Crippen LogP contribution < -0.4 is 4.74 Å². The van der Waals surface area contributed by atoms with Crippen LogP contribution in [0.3, 0.4) is 0 Å². The van der Waals surface area contributed by atoms with E-state index < -0.39 is 0 Å². The molecule has 84 valence electrons. The summed E-state index contributed by atoms with van der Waals surface area (Å²) in [5.74, 6) is 0.125. The van der Waals surface area contributed by atoms with Crippen LogP contribution in [0.4, 0.5) is 0 Å². The second kappa shape index (κ2) is 4.91. The molecule has 2 N–H and O–H groups in total. The highest BCUT2D eigenvalue weighted by Crippen LogP contribution is 2.39.